The molecule has 1 aliphatic heterocycles. The minimum Gasteiger partial charge on any atom is -0.341 e. The van der Waals surface area contributed by atoms with E-state index in [-0.39, 0.29) is 32.7 Å². The second-order valence-corrected chi connectivity index (χ2v) is 7.29. The predicted octanol–water partition coefficient (Wildman–Crippen LogP) is -0.273. The summed E-state index contributed by atoms with van der Waals surface area (Å²) >= 11 is 0. The van der Waals surface area contributed by atoms with E-state index in [1.807, 2.05) is 0 Å². The van der Waals surface area contributed by atoms with Crippen LogP contribution in [0.2, 0.25) is 0 Å². The molecule has 0 bridgehead atoms. The van der Waals surface area contributed by atoms with Crippen molar-refractivity contribution in [1.29, 1.82) is 0 Å². The molecule has 0 unspecified atom stereocenters. The van der Waals surface area contributed by atoms with E-state index < -0.39 is 38.5 Å². The molecule has 2 rings (SSSR count). The summed E-state index contributed by atoms with van der Waals surface area (Å²) in [6, 6.07) is 1.63. The molecule has 3 amide bonds. The maximum atomic E-state index is 13.8. The topological polar surface area (TPSA) is 98.8 Å². The summed E-state index contributed by atoms with van der Waals surface area (Å²) in [5.41, 5.74) is 0. The first kappa shape index (κ1) is 19.2. The van der Waals surface area contributed by atoms with Crippen molar-refractivity contribution in [3.63, 3.8) is 0 Å². The van der Waals surface area contributed by atoms with Gasteiger partial charge in [-0.1, -0.05) is 0 Å². The number of carbonyl (C=O) groups is 2. The highest BCUT2D eigenvalue weighted by Gasteiger charge is 2.31. The minimum absolute atomic E-state index is 0.0194. The second kappa shape index (κ2) is 7.85. The van der Waals surface area contributed by atoms with Crippen LogP contribution in [0.15, 0.2) is 23.1 Å². The van der Waals surface area contributed by atoms with Crippen molar-refractivity contribution in [2.45, 2.75) is 4.90 Å². The monoisotopic (exact) mass is 376 g/mol. The Hall–Kier alpha value is -2.11. The smallest absolute Gasteiger partial charge is 0.321 e. The van der Waals surface area contributed by atoms with Crippen molar-refractivity contribution in [1.82, 2.24) is 19.8 Å². The number of imide groups is 1. The standard InChI is InChI=1S/C14H18F2N4O4S/c1-17-14(22)18-13(21)9-19-4-6-20(7-5-19)25(23,24)12-8-10(15)2-3-11(12)16/h2-3,8H,4-7,9H2,1H3,(H2,17,18,21,22). The summed E-state index contributed by atoms with van der Waals surface area (Å²) in [5, 5.41) is 4.35. The Balaban J connectivity index is 1.98. The SMILES string of the molecule is CNC(=O)NC(=O)CN1CCN(S(=O)(=O)c2cc(F)ccc2F)CC1. The molecule has 138 valence electrons. The molecule has 2 N–H and O–H groups in total. The zero-order valence-corrected chi connectivity index (χ0v) is 14.3. The van der Waals surface area contributed by atoms with Gasteiger partial charge in [0.05, 0.1) is 6.54 Å². The van der Waals surface area contributed by atoms with Gasteiger partial charge in [0.25, 0.3) is 0 Å². The molecule has 1 heterocycles. The Morgan fingerprint density at radius 1 is 1.16 bits per heavy atom. The largest absolute Gasteiger partial charge is 0.341 e. The van der Waals surface area contributed by atoms with Gasteiger partial charge in [0.1, 0.15) is 16.5 Å². The van der Waals surface area contributed by atoms with Crippen LogP contribution in [0.25, 0.3) is 0 Å². The lowest BCUT2D eigenvalue weighted by Gasteiger charge is -2.33. The normalized spacial score (nSPS) is 16.4. The predicted molar refractivity (Wildman–Crippen MR) is 84.2 cm³/mol. The molecule has 0 saturated carbocycles. The molecule has 0 spiro atoms. The summed E-state index contributed by atoms with van der Waals surface area (Å²) in [4.78, 5) is 23.6. The number of rotatable bonds is 4. The van der Waals surface area contributed by atoms with Crippen LogP contribution in [-0.2, 0) is 14.8 Å². The number of hydrogen-bond donors (Lipinski definition) is 2. The zero-order chi connectivity index (χ0) is 18.6. The van der Waals surface area contributed by atoms with Crippen LogP contribution in [-0.4, -0.2) is 69.3 Å². The Morgan fingerprint density at radius 3 is 2.40 bits per heavy atom. The number of hydrogen-bond acceptors (Lipinski definition) is 5. The first-order chi connectivity index (χ1) is 11.7. The van der Waals surface area contributed by atoms with Gasteiger partial charge in [-0.3, -0.25) is 15.0 Å². The van der Waals surface area contributed by atoms with Crippen LogP contribution in [0, 0.1) is 11.6 Å². The number of piperazine rings is 1. The Bertz CT molecular complexity index is 764. The van der Waals surface area contributed by atoms with Crippen molar-refractivity contribution >= 4 is 22.0 Å². The van der Waals surface area contributed by atoms with Crippen molar-refractivity contribution in [3.05, 3.63) is 29.8 Å². The number of nitrogens with zero attached hydrogens (tertiary/aromatic N) is 2. The summed E-state index contributed by atoms with van der Waals surface area (Å²) in [6.07, 6.45) is 0. The summed E-state index contributed by atoms with van der Waals surface area (Å²) < 4.78 is 52.9. The molecular formula is C14H18F2N4O4S. The molecule has 1 saturated heterocycles. The van der Waals surface area contributed by atoms with E-state index in [1.54, 1.807) is 4.90 Å². The third-order valence-electron chi connectivity index (χ3n) is 3.69. The number of benzene rings is 1. The summed E-state index contributed by atoms with van der Waals surface area (Å²) in [5.74, 6) is -2.38. The molecule has 0 atom stereocenters. The molecule has 11 heteroatoms. The molecule has 0 radical (unpaired) electrons. The number of amides is 3. The van der Waals surface area contributed by atoms with E-state index in [9.17, 15) is 26.8 Å². The van der Waals surface area contributed by atoms with Crippen molar-refractivity contribution in [2.75, 3.05) is 39.8 Å². The van der Waals surface area contributed by atoms with E-state index >= 15 is 0 Å². The highest BCUT2D eigenvalue weighted by molar-refractivity contribution is 7.89. The molecule has 8 nitrogen and oxygen atoms in total. The van der Waals surface area contributed by atoms with E-state index in [1.165, 1.54) is 7.05 Å². The van der Waals surface area contributed by atoms with Crippen LogP contribution in [0.4, 0.5) is 13.6 Å². The lowest BCUT2D eigenvalue weighted by molar-refractivity contribution is -0.121. The van der Waals surface area contributed by atoms with Crippen LogP contribution in [0.3, 0.4) is 0 Å². The highest BCUT2D eigenvalue weighted by Crippen LogP contribution is 2.21. The highest BCUT2D eigenvalue weighted by atomic mass is 32.2. The van der Waals surface area contributed by atoms with Gasteiger partial charge in [-0.25, -0.2) is 22.0 Å². The van der Waals surface area contributed by atoms with E-state index in [4.69, 9.17) is 0 Å². The average molecular weight is 376 g/mol. The molecular weight excluding hydrogens is 358 g/mol. The van der Waals surface area contributed by atoms with Gasteiger partial charge in [-0.05, 0) is 18.2 Å². The maximum Gasteiger partial charge on any atom is 0.321 e. The molecule has 1 aromatic carbocycles. The van der Waals surface area contributed by atoms with Gasteiger partial charge in [-0.2, -0.15) is 4.31 Å². The lowest BCUT2D eigenvalue weighted by atomic mass is 10.3. The Labute approximate surface area is 143 Å². The molecule has 25 heavy (non-hydrogen) atoms. The van der Waals surface area contributed by atoms with Gasteiger partial charge in [0.2, 0.25) is 15.9 Å². The van der Waals surface area contributed by atoms with Gasteiger partial charge < -0.3 is 5.32 Å². The first-order valence-corrected chi connectivity index (χ1v) is 8.87. The summed E-state index contributed by atoms with van der Waals surface area (Å²) in [7, 11) is -2.79. The number of urea groups is 1. The minimum atomic E-state index is -4.16. The van der Waals surface area contributed by atoms with Crippen molar-refractivity contribution in [2.24, 2.45) is 0 Å². The molecule has 0 aliphatic carbocycles. The number of nitrogens with one attached hydrogen (secondary N) is 2. The van der Waals surface area contributed by atoms with E-state index in [0.717, 1.165) is 16.4 Å². The van der Waals surface area contributed by atoms with Crippen LogP contribution in [0.1, 0.15) is 0 Å². The van der Waals surface area contributed by atoms with Crippen molar-refractivity contribution < 1.29 is 26.8 Å². The molecule has 0 aromatic heterocycles. The number of halogens is 2. The van der Waals surface area contributed by atoms with E-state index in [2.05, 4.69) is 10.6 Å². The van der Waals surface area contributed by atoms with Crippen LogP contribution >= 0.6 is 0 Å². The van der Waals surface area contributed by atoms with Gasteiger partial charge in [0.15, 0.2) is 0 Å². The fourth-order valence-electron chi connectivity index (χ4n) is 2.37. The van der Waals surface area contributed by atoms with Crippen LogP contribution in [0.5, 0.6) is 0 Å². The Morgan fingerprint density at radius 2 is 1.80 bits per heavy atom. The quantitative estimate of drug-likeness (QED) is 0.754. The zero-order valence-electron chi connectivity index (χ0n) is 13.5. The molecule has 1 aromatic rings. The first-order valence-electron chi connectivity index (χ1n) is 7.43. The third-order valence-corrected chi connectivity index (χ3v) is 5.60. The van der Waals surface area contributed by atoms with Gasteiger partial charge in [-0.15, -0.1) is 0 Å². The summed E-state index contributed by atoms with van der Waals surface area (Å²) in [6.45, 7) is 0.404. The fourth-order valence-corrected chi connectivity index (χ4v) is 3.87. The second-order valence-electron chi connectivity index (χ2n) is 5.38. The van der Waals surface area contributed by atoms with Gasteiger partial charge in [0, 0.05) is 33.2 Å². The van der Waals surface area contributed by atoms with Crippen LogP contribution < -0.4 is 10.6 Å². The molecule has 1 aliphatic rings. The Kier molecular flexibility index (Phi) is 6.03. The average Bonchev–Trinajstić information content (AvgIpc) is 2.57. The lowest BCUT2D eigenvalue weighted by Crippen LogP contribution is -2.52. The number of sulfonamides is 1. The molecule has 1 fully saturated rings. The number of carbonyl (C=O) groups excluding carboxylic acids is 2. The van der Waals surface area contributed by atoms with E-state index in [0.29, 0.717) is 6.07 Å². The van der Waals surface area contributed by atoms with Gasteiger partial charge >= 0.3 is 6.03 Å². The van der Waals surface area contributed by atoms with Crippen molar-refractivity contribution in [3.8, 4) is 0 Å². The fraction of sp³-hybridized carbons (Fsp3) is 0.429. The maximum absolute atomic E-state index is 13.8. The third kappa shape index (κ3) is 4.71.